The van der Waals surface area contributed by atoms with Crippen molar-refractivity contribution in [2.75, 3.05) is 18.5 Å². The lowest BCUT2D eigenvalue weighted by Gasteiger charge is -2.28. The van der Waals surface area contributed by atoms with E-state index in [1.165, 1.54) is 6.07 Å². The second-order valence-corrected chi connectivity index (χ2v) is 5.02. The van der Waals surface area contributed by atoms with Gasteiger partial charge in [0.25, 0.3) is 0 Å². The van der Waals surface area contributed by atoms with E-state index in [1.54, 1.807) is 6.07 Å². The van der Waals surface area contributed by atoms with Gasteiger partial charge >= 0.3 is 0 Å². The Balaban J connectivity index is 2.37. The first kappa shape index (κ1) is 13.8. The lowest BCUT2D eigenvalue weighted by molar-refractivity contribution is 0.595. The minimum Gasteiger partial charge on any atom is -0.365 e. The summed E-state index contributed by atoms with van der Waals surface area (Å²) in [6, 6.07) is 7.85. The molecule has 1 fully saturated rings. The largest absolute Gasteiger partial charge is 0.365 e. The molecule has 1 aliphatic rings. The molecule has 19 heavy (non-hydrogen) atoms. The number of hydrogen-bond acceptors (Lipinski definition) is 3. The molecule has 0 amide bonds. The van der Waals surface area contributed by atoms with Crippen molar-refractivity contribution in [2.45, 2.75) is 38.3 Å². The summed E-state index contributed by atoms with van der Waals surface area (Å²) in [7, 11) is 1.87. The van der Waals surface area contributed by atoms with Gasteiger partial charge in [0, 0.05) is 18.6 Å². The van der Waals surface area contributed by atoms with Crippen molar-refractivity contribution in [1.82, 2.24) is 5.32 Å². The summed E-state index contributed by atoms with van der Waals surface area (Å²) in [5.74, 6) is -0.190. The van der Waals surface area contributed by atoms with Crippen LogP contribution in [0.5, 0.6) is 0 Å². The Kier molecular flexibility index (Phi) is 4.39. The van der Waals surface area contributed by atoms with E-state index in [1.807, 2.05) is 20.0 Å². The molecule has 0 spiro atoms. The third-order valence-corrected chi connectivity index (χ3v) is 3.66. The van der Waals surface area contributed by atoms with Gasteiger partial charge in [-0.3, -0.25) is 0 Å². The van der Waals surface area contributed by atoms with Crippen LogP contribution in [0.1, 0.15) is 37.8 Å². The van der Waals surface area contributed by atoms with Gasteiger partial charge in [-0.25, -0.2) is 4.39 Å². The predicted molar refractivity (Wildman–Crippen MR) is 74.5 cm³/mol. The standard InChI is InChI=1S/C15H20FN3/c1-11(18-2)13-5-3-6-14(16)15(13)19(10-4-9-17)12-7-8-12/h3,5-6,11-12,18H,4,7-8,10H2,1-2H3. The van der Waals surface area contributed by atoms with Crippen LogP contribution in [0.3, 0.4) is 0 Å². The summed E-state index contributed by atoms with van der Waals surface area (Å²) in [5.41, 5.74) is 1.63. The zero-order chi connectivity index (χ0) is 13.8. The number of nitriles is 1. The molecule has 1 atom stereocenters. The molecule has 1 N–H and O–H groups in total. The Morgan fingerprint density at radius 3 is 2.84 bits per heavy atom. The molecule has 3 nitrogen and oxygen atoms in total. The molecule has 4 heteroatoms. The van der Waals surface area contributed by atoms with Crippen LogP contribution in [0.15, 0.2) is 18.2 Å². The van der Waals surface area contributed by atoms with Crippen molar-refractivity contribution >= 4 is 5.69 Å². The summed E-state index contributed by atoms with van der Waals surface area (Å²) in [4.78, 5) is 2.07. The molecule has 1 aromatic rings. The number of benzene rings is 1. The van der Waals surface area contributed by atoms with Crippen LogP contribution in [-0.2, 0) is 0 Å². The van der Waals surface area contributed by atoms with Gasteiger partial charge in [-0.2, -0.15) is 5.26 Å². The predicted octanol–water partition coefficient (Wildman–Crippen LogP) is 2.99. The summed E-state index contributed by atoms with van der Waals surface area (Å²) >= 11 is 0. The maximum Gasteiger partial charge on any atom is 0.146 e. The van der Waals surface area contributed by atoms with Crippen LogP contribution in [0.25, 0.3) is 0 Å². The van der Waals surface area contributed by atoms with E-state index in [4.69, 9.17) is 5.26 Å². The minimum absolute atomic E-state index is 0.0917. The lowest BCUT2D eigenvalue weighted by Crippen LogP contribution is -2.30. The highest BCUT2D eigenvalue weighted by molar-refractivity contribution is 5.57. The summed E-state index contributed by atoms with van der Waals surface area (Å²) in [5, 5.41) is 11.9. The molecule has 0 heterocycles. The number of nitrogens with one attached hydrogen (secondary N) is 1. The Labute approximate surface area is 114 Å². The van der Waals surface area contributed by atoms with Crippen molar-refractivity contribution in [1.29, 1.82) is 5.26 Å². The average molecular weight is 261 g/mol. The van der Waals surface area contributed by atoms with Crippen LogP contribution in [0, 0.1) is 17.1 Å². The van der Waals surface area contributed by atoms with Gasteiger partial charge in [0.2, 0.25) is 0 Å². The molecule has 0 saturated heterocycles. The average Bonchev–Trinajstić information content (AvgIpc) is 3.24. The molecule has 1 aromatic carbocycles. The fourth-order valence-electron chi connectivity index (χ4n) is 2.37. The van der Waals surface area contributed by atoms with Crippen molar-refractivity contribution in [3.05, 3.63) is 29.6 Å². The number of rotatable bonds is 6. The van der Waals surface area contributed by atoms with Gasteiger partial charge in [-0.05, 0) is 38.4 Å². The van der Waals surface area contributed by atoms with E-state index in [2.05, 4.69) is 16.3 Å². The van der Waals surface area contributed by atoms with E-state index < -0.39 is 0 Å². The van der Waals surface area contributed by atoms with E-state index in [-0.39, 0.29) is 11.9 Å². The Bertz CT molecular complexity index is 477. The van der Waals surface area contributed by atoms with E-state index in [0.717, 1.165) is 18.4 Å². The molecule has 0 aliphatic heterocycles. The molecular weight excluding hydrogens is 241 g/mol. The van der Waals surface area contributed by atoms with Crippen molar-refractivity contribution < 1.29 is 4.39 Å². The fourth-order valence-corrected chi connectivity index (χ4v) is 2.37. The van der Waals surface area contributed by atoms with Gasteiger partial charge in [0.05, 0.1) is 18.2 Å². The molecule has 1 unspecified atom stereocenters. The second-order valence-electron chi connectivity index (χ2n) is 5.02. The number of para-hydroxylation sites is 1. The van der Waals surface area contributed by atoms with E-state index >= 15 is 0 Å². The molecular formula is C15H20FN3. The second kappa shape index (κ2) is 6.03. The van der Waals surface area contributed by atoms with Gasteiger partial charge in [-0.1, -0.05) is 12.1 Å². The van der Waals surface area contributed by atoms with Crippen molar-refractivity contribution in [2.24, 2.45) is 0 Å². The highest BCUT2D eigenvalue weighted by Gasteiger charge is 2.32. The maximum absolute atomic E-state index is 14.3. The number of halogens is 1. The number of nitrogens with zero attached hydrogens (tertiary/aromatic N) is 2. The van der Waals surface area contributed by atoms with Crippen LogP contribution < -0.4 is 10.2 Å². The zero-order valence-corrected chi connectivity index (χ0v) is 11.5. The van der Waals surface area contributed by atoms with Crippen LogP contribution >= 0.6 is 0 Å². The highest BCUT2D eigenvalue weighted by atomic mass is 19.1. The summed E-state index contributed by atoms with van der Waals surface area (Å²) < 4.78 is 14.3. The molecule has 102 valence electrons. The van der Waals surface area contributed by atoms with Gasteiger partial charge in [-0.15, -0.1) is 0 Å². The minimum atomic E-state index is -0.190. The quantitative estimate of drug-likeness (QED) is 0.855. The maximum atomic E-state index is 14.3. The van der Waals surface area contributed by atoms with Crippen LogP contribution in [0.4, 0.5) is 10.1 Å². The van der Waals surface area contributed by atoms with Gasteiger partial charge in [0.1, 0.15) is 5.82 Å². The monoisotopic (exact) mass is 261 g/mol. The molecule has 0 aromatic heterocycles. The lowest BCUT2D eigenvalue weighted by atomic mass is 10.0. The first-order chi connectivity index (χ1) is 9.19. The zero-order valence-electron chi connectivity index (χ0n) is 11.5. The smallest absolute Gasteiger partial charge is 0.146 e. The first-order valence-corrected chi connectivity index (χ1v) is 6.78. The first-order valence-electron chi connectivity index (χ1n) is 6.78. The highest BCUT2D eigenvalue weighted by Crippen LogP contribution is 2.37. The number of hydrogen-bond donors (Lipinski definition) is 1. The van der Waals surface area contributed by atoms with Crippen molar-refractivity contribution in [3.63, 3.8) is 0 Å². The molecule has 1 saturated carbocycles. The molecule has 1 aliphatic carbocycles. The summed E-state index contributed by atoms with van der Waals surface area (Å²) in [6.07, 6.45) is 2.61. The fraction of sp³-hybridized carbons (Fsp3) is 0.533. The van der Waals surface area contributed by atoms with E-state index in [0.29, 0.717) is 24.7 Å². The summed E-state index contributed by atoms with van der Waals surface area (Å²) in [6.45, 7) is 2.62. The Morgan fingerprint density at radius 2 is 2.26 bits per heavy atom. The molecule has 0 bridgehead atoms. The van der Waals surface area contributed by atoms with Crippen LogP contribution in [-0.4, -0.2) is 19.6 Å². The number of anilines is 1. The third-order valence-electron chi connectivity index (χ3n) is 3.66. The SMILES string of the molecule is CNC(C)c1cccc(F)c1N(CCC#N)C1CC1. The normalized spacial score (nSPS) is 15.9. The molecule has 0 radical (unpaired) electrons. The molecule has 2 rings (SSSR count). The Hall–Kier alpha value is -1.60. The van der Waals surface area contributed by atoms with Gasteiger partial charge < -0.3 is 10.2 Å². The third kappa shape index (κ3) is 3.05. The van der Waals surface area contributed by atoms with Crippen LogP contribution in [0.2, 0.25) is 0 Å². The topological polar surface area (TPSA) is 39.1 Å². The van der Waals surface area contributed by atoms with Crippen molar-refractivity contribution in [3.8, 4) is 6.07 Å². The van der Waals surface area contributed by atoms with Gasteiger partial charge in [0.15, 0.2) is 0 Å². The Morgan fingerprint density at radius 1 is 1.53 bits per heavy atom. The van der Waals surface area contributed by atoms with E-state index in [9.17, 15) is 4.39 Å².